The van der Waals surface area contributed by atoms with Crippen molar-refractivity contribution in [2.24, 2.45) is 5.92 Å². The monoisotopic (exact) mass is 366 g/mol. The van der Waals surface area contributed by atoms with Gasteiger partial charge >= 0.3 is 6.61 Å². The Hall–Kier alpha value is -2.18. The van der Waals surface area contributed by atoms with Crippen LogP contribution in [0.5, 0.6) is 5.75 Å². The Morgan fingerprint density at radius 1 is 1.00 bits per heavy atom. The van der Waals surface area contributed by atoms with Gasteiger partial charge in [0.05, 0.1) is 6.42 Å². The molecule has 5 nitrogen and oxygen atoms in total. The number of benzene rings is 1. The fourth-order valence-corrected chi connectivity index (χ4v) is 3.68. The van der Waals surface area contributed by atoms with Crippen LogP contribution in [0.2, 0.25) is 0 Å². The number of alkyl halides is 2. The summed E-state index contributed by atoms with van der Waals surface area (Å²) in [4.78, 5) is 28.5. The molecule has 1 aromatic carbocycles. The minimum atomic E-state index is -2.86. The Bertz CT molecular complexity index is 622. The molecule has 1 saturated heterocycles. The van der Waals surface area contributed by atoms with Gasteiger partial charge < -0.3 is 14.5 Å². The van der Waals surface area contributed by atoms with Crippen molar-refractivity contribution in [3.05, 3.63) is 29.8 Å². The van der Waals surface area contributed by atoms with Crippen LogP contribution in [0, 0.1) is 5.92 Å². The van der Waals surface area contributed by atoms with E-state index in [0.29, 0.717) is 26.2 Å². The van der Waals surface area contributed by atoms with Crippen molar-refractivity contribution >= 4 is 11.8 Å². The fourth-order valence-electron chi connectivity index (χ4n) is 3.68. The number of ether oxygens (including phenoxy) is 1. The number of piperazine rings is 1. The minimum absolute atomic E-state index is 0.0134. The lowest BCUT2D eigenvalue weighted by Crippen LogP contribution is -2.52. The van der Waals surface area contributed by atoms with Gasteiger partial charge in [-0.25, -0.2) is 0 Å². The highest BCUT2D eigenvalue weighted by molar-refractivity contribution is 5.81. The van der Waals surface area contributed by atoms with Gasteiger partial charge in [-0.2, -0.15) is 8.78 Å². The molecule has 2 amide bonds. The normalized spacial score (nSPS) is 18.4. The first-order valence-electron chi connectivity index (χ1n) is 9.13. The van der Waals surface area contributed by atoms with Gasteiger partial charge in [0.25, 0.3) is 0 Å². The maximum atomic E-state index is 12.4. The Balaban J connectivity index is 1.46. The lowest BCUT2D eigenvalue weighted by molar-refractivity contribution is -0.141. The van der Waals surface area contributed by atoms with E-state index in [0.717, 1.165) is 31.2 Å². The summed E-state index contributed by atoms with van der Waals surface area (Å²) in [5, 5.41) is 0. The molecule has 1 aliphatic carbocycles. The van der Waals surface area contributed by atoms with E-state index in [2.05, 4.69) is 4.74 Å². The Labute approximate surface area is 151 Å². The highest BCUT2D eigenvalue weighted by atomic mass is 19.3. The molecule has 2 fully saturated rings. The molecule has 0 aromatic heterocycles. The lowest BCUT2D eigenvalue weighted by Gasteiger charge is -2.36. The summed E-state index contributed by atoms with van der Waals surface area (Å²) in [6.07, 6.45) is 4.46. The molecule has 0 N–H and O–H groups in total. The number of nitrogens with zero attached hydrogens (tertiary/aromatic N) is 2. The molecule has 0 atom stereocenters. The number of hydrogen-bond acceptors (Lipinski definition) is 3. The molecule has 142 valence electrons. The second-order valence-electron chi connectivity index (χ2n) is 6.89. The smallest absolute Gasteiger partial charge is 0.387 e. The zero-order chi connectivity index (χ0) is 18.5. The topological polar surface area (TPSA) is 49.9 Å². The van der Waals surface area contributed by atoms with E-state index < -0.39 is 6.61 Å². The molecule has 0 radical (unpaired) electrons. The average Bonchev–Trinajstić information content (AvgIpc) is 3.17. The maximum absolute atomic E-state index is 12.4. The first-order valence-corrected chi connectivity index (χ1v) is 9.13. The second-order valence-corrected chi connectivity index (χ2v) is 6.89. The van der Waals surface area contributed by atoms with E-state index in [1.165, 1.54) is 12.1 Å². The van der Waals surface area contributed by atoms with Crippen LogP contribution in [-0.4, -0.2) is 54.4 Å². The van der Waals surface area contributed by atoms with Crippen LogP contribution in [0.15, 0.2) is 24.3 Å². The van der Waals surface area contributed by atoms with Crippen LogP contribution in [0.3, 0.4) is 0 Å². The van der Waals surface area contributed by atoms with Gasteiger partial charge in [-0.3, -0.25) is 9.59 Å². The second kappa shape index (κ2) is 8.47. The quantitative estimate of drug-likeness (QED) is 0.805. The van der Waals surface area contributed by atoms with Crippen molar-refractivity contribution in [3.63, 3.8) is 0 Å². The highest BCUT2D eigenvalue weighted by Gasteiger charge is 2.30. The van der Waals surface area contributed by atoms with Gasteiger partial charge in [0.2, 0.25) is 11.8 Å². The summed E-state index contributed by atoms with van der Waals surface area (Å²) in [6, 6.07) is 6.12. The summed E-state index contributed by atoms with van der Waals surface area (Å²) in [5.74, 6) is 0.478. The molecule has 7 heteroatoms. The summed E-state index contributed by atoms with van der Waals surface area (Å²) in [7, 11) is 0. The number of amides is 2. The molecule has 0 spiro atoms. The number of halogens is 2. The van der Waals surface area contributed by atoms with Crippen LogP contribution in [-0.2, 0) is 16.0 Å². The number of carbonyl (C=O) groups excluding carboxylic acids is 2. The summed E-state index contributed by atoms with van der Waals surface area (Å²) >= 11 is 0. The van der Waals surface area contributed by atoms with E-state index in [9.17, 15) is 18.4 Å². The lowest BCUT2D eigenvalue weighted by atomic mass is 10.1. The first-order chi connectivity index (χ1) is 12.5. The van der Waals surface area contributed by atoms with Crippen molar-refractivity contribution in [3.8, 4) is 5.75 Å². The largest absolute Gasteiger partial charge is 0.435 e. The third-order valence-electron chi connectivity index (χ3n) is 5.15. The van der Waals surface area contributed by atoms with Gasteiger partial charge in [0.1, 0.15) is 5.75 Å². The van der Waals surface area contributed by atoms with E-state index in [1.54, 1.807) is 17.0 Å². The average molecular weight is 366 g/mol. The van der Waals surface area contributed by atoms with Gasteiger partial charge in [-0.15, -0.1) is 0 Å². The number of hydrogen-bond donors (Lipinski definition) is 0. The Kier molecular flexibility index (Phi) is 6.06. The standard InChI is InChI=1S/C19H24F2N2O3/c20-19(21)26-16-7-5-14(6-8-16)13-17(24)22-9-11-23(12-10-22)18(25)15-3-1-2-4-15/h5-8,15,19H,1-4,9-13H2. The SMILES string of the molecule is O=C(Cc1ccc(OC(F)F)cc1)N1CCN(C(=O)C2CCCC2)CC1. The van der Waals surface area contributed by atoms with Crippen molar-refractivity contribution in [1.82, 2.24) is 9.80 Å². The molecule has 0 unspecified atom stereocenters. The molecule has 1 aromatic rings. The van der Waals surface area contributed by atoms with Crippen LogP contribution < -0.4 is 4.74 Å². The molecule has 2 aliphatic rings. The van der Waals surface area contributed by atoms with Gasteiger partial charge in [-0.05, 0) is 30.5 Å². The van der Waals surface area contributed by atoms with Crippen LogP contribution in [0.1, 0.15) is 31.2 Å². The van der Waals surface area contributed by atoms with Crippen molar-refractivity contribution in [1.29, 1.82) is 0 Å². The first kappa shape index (κ1) is 18.6. The van der Waals surface area contributed by atoms with Gasteiger partial charge in [0.15, 0.2) is 0 Å². The number of rotatable bonds is 5. The predicted octanol–water partition coefficient (Wildman–Crippen LogP) is 2.69. The van der Waals surface area contributed by atoms with E-state index >= 15 is 0 Å². The van der Waals surface area contributed by atoms with E-state index in [4.69, 9.17) is 0 Å². The van der Waals surface area contributed by atoms with Crippen LogP contribution >= 0.6 is 0 Å². The molecule has 0 bridgehead atoms. The maximum Gasteiger partial charge on any atom is 0.387 e. The van der Waals surface area contributed by atoms with Crippen molar-refractivity contribution < 1.29 is 23.1 Å². The van der Waals surface area contributed by atoms with Gasteiger partial charge in [0, 0.05) is 32.1 Å². The minimum Gasteiger partial charge on any atom is -0.435 e. The molecule has 3 rings (SSSR count). The summed E-state index contributed by atoms with van der Waals surface area (Å²) in [6.45, 7) is -0.594. The van der Waals surface area contributed by atoms with Crippen molar-refractivity contribution in [2.75, 3.05) is 26.2 Å². The molecule has 26 heavy (non-hydrogen) atoms. The zero-order valence-electron chi connectivity index (χ0n) is 14.7. The Morgan fingerprint density at radius 2 is 1.58 bits per heavy atom. The molecule has 1 aliphatic heterocycles. The fraction of sp³-hybridized carbons (Fsp3) is 0.579. The third kappa shape index (κ3) is 4.71. The highest BCUT2D eigenvalue weighted by Crippen LogP contribution is 2.27. The molecular weight excluding hydrogens is 342 g/mol. The molecule has 1 saturated carbocycles. The van der Waals surface area contributed by atoms with E-state index in [-0.39, 0.29) is 29.9 Å². The van der Waals surface area contributed by atoms with Crippen molar-refractivity contribution in [2.45, 2.75) is 38.7 Å². The van der Waals surface area contributed by atoms with Crippen LogP contribution in [0.4, 0.5) is 8.78 Å². The summed E-state index contributed by atoms with van der Waals surface area (Å²) < 4.78 is 28.6. The third-order valence-corrected chi connectivity index (χ3v) is 5.15. The predicted molar refractivity (Wildman–Crippen MR) is 91.9 cm³/mol. The van der Waals surface area contributed by atoms with E-state index in [1.807, 2.05) is 4.90 Å². The Morgan fingerprint density at radius 3 is 2.15 bits per heavy atom. The zero-order valence-corrected chi connectivity index (χ0v) is 14.7. The molecular formula is C19H24F2N2O3. The number of carbonyl (C=O) groups is 2. The molecule has 1 heterocycles. The summed E-state index contributed by atoms with van der Waals surface area (Å²) in [5.41, 5.74) is 0.751. The van der Waals surface area contributed by atoms with Gasteiger partial charge in [-0.1, -0.05) is 25.0 Å². The van der Waals surface area contributed by atoms with Crippen LogP contribution in [0.25, 0.3) is 0 Å².